The van der Waals surface area contributed by atoms with Gasteiger partial charge in [-0.1, -0.05) is 53.2 Å². The highest BCUT2D eigenvalue weighted by atomic mass is 79.9. The SMILES string of the molecule is CCCNC(=O)[C@@H](C)N(Cc1ccc(Br)cc1)C(=O)COc1ccccc1C. The lowest BCUT2D eigenvalue weighted by atomic mass is 10.1. The molecule has 6 heteroatoms. The zero-order valence-corrected chi connectivity index (χ0v) is 18.2. The quantitative estimate of drug-likeness (QED) is 0.630. The number of benzene rings is 2. The van der Waals surface area contributed by atoms with Crippen molar-refractivity contribution in [3.63, 3.8) is 0 Å². The Morgan fingerprint density at radius 1 is 1.14 bits per heavy atom. The van der Waals surface area contributed by atoms with Gasteiger partial charge < -0.3 is 15.0 Å². The van der Waals surface area contributed by atoms with Crippen molar-refractivity contribution in [1.29, 1.82) is 0 Å². The van der Waals surface area contributed by atoms with Crippen molar-refractivity contribution < 1.29 is 14.3 Å². The summed E-state index contributed by atoms with van der Waals surface area (Å²) in [5, 5.41) is 2.86. The molecule has 5 nitrogen and oxygen atoms in total. The zero-order chi connectivity index (χ0) is 20.5. The minimum atomic E-state index is -0.594. The van der Waals surface area contributed by atoms with Crippen LogP contribution in [0.1, 0.15) is 31.4 Å². The molecule has 2 aromatic carbocycles. The molecule has 2 rings (SSSR count). The average Bonchev–Trinajstić information content (AvgIpc) is 2.70. The van der Waals surface area contributed by atoms with Crippen molar-refractivity contribution in [3.8, 4) is 5.75 Å². The molecule has 0 heterocycles. The van der Waals surface area contributed by atoms with Gasteiger partial charge in [-0.15, -0.1) is 0 Å². The second kappa shape index (κ2) is 10.9. The number of hydrogen-bond acceptors (Lipinski definition) is 3. The number of rotatable bonds is 9. The number of carbonyl (C=O) groups is 2. The monoisotopic (exact) mass is 446 g/mol. The van der Waals surface area contributed by atoms with Crippen LogP contribution in [0.4, 0.5) is 0 Å². The Morgan fingerprint density at radius 2 is 1.82 bits per heavy atom. The first-order valence-electron chi connectivity index (χ1n) is 9.42. The Bertz CT molecular complexity index is 793. The lowest BCUT2D eigenvalue weighted by Crippen LogP contribution is -2.49. The second-order valence-corrected chi connectivity index (χ2v) is 7.58. The number of halogens is 1. The molecule has 28 heavy (non-hydrogen) atoms. The Morgan fingerprint density at radius 3 is 2.46 bits per heavy atom. The fraction of sp³-hybridized carbons (Fsp3) is 0.364. The standard InChI is InChI=1S/C22H27BrN2O3/c1-4-13-24-22(27)17(3)25(14-18-9-11-19(23)12-10-18)21(26)15-28-20-8-6-5-7-16(20)2/h5-12,17H,4,13-15H2,1-3H3,(H,24,27)/t17-/m1/s1. The number of aryl methyl sites for hydroxylation is 1. The summed E-state index contributed by atoms with van der Waals surface area (Å²) in [6, 6.07) is 14.7. The Balaban J connectivity index is 2.13. The molecule has 0 fully saturated rings. The Hall–Kier alpha value is -2.34. The first-order valence-corrected chi connectivity index (χ1v) is 10.2. The summed E-state index contributed by atoms with van der Waals surface area (Å²) >= 11 is 3.41. The molecule has 0 bridgehead atoms. The molecule has 0 aliphatic carbocycles. The molecule has 0 saturated carbocycles. The van der Waals surface area contributed by atoms with Crippen molar-refractivity contribution in [3.05, 3.63) is 64.1 Å². The summed E-state index contributed by atoms with van der Waals surface area (Å²) in [7, 11) is 0. The minimum Gasteiger partial charge on any atom is -0.484 e. The van der Waals surface area contributed by atoms with E-state index in [-0.39, 0.29) is 18.4 Å². The van der Waals surface area contributed by atoms with Gasteiger partial charge >= 0.3 is 0 Å². The summed E-state index contributed by atoms with van der Waals surface area (Å²) in [6.07, 6.45) is 0.843. The van der Waals surface area contributed by atoms with E-state index in [9.17, 15) is 9.59 Å². The van der Waals surface area contributed by atoms with Gasteiger partial charge in [0.15, 0.2) is 6.61 Å². The molecule has 0 radical (unpaired) electrons. The smallest absolute Gasteiger partial charge is 0.261 e. The summed E-state index contributed by atoms with van der Waals surface area (Å²) in [5.41, 5.74) is 1.91. The van der Waals surface area contributed by atoms with Gasteiger partial charge in [0.1, 0.15) is 11.8 Å². The van der Waals surface area contributed by atoms with E-state index >= 15 is 0 Å². The third kappa shape index (κ3) is 6.37. The van der Waals surface area contributed by atoms with Crippen LogP contribution < -0.4 is 10.1 Å². The van der Waals surface area contributed by atoms with Gasteiger partial charge in [0.05, 0.1) is 0 Å². The molecular weight excluding hydrogens is 420 g/mol. The summed E-state index contributed by atoms with van der Waals surface area (Å²) in [6.45, 7) is 6.47. The van der Waals surface area contributed by atoms with Gasteiger partial charge in [-0.2, -0.15) is 0 Å². The predicted octanol–water partition coefficient (Wildman–Crippen LogP) is 4.08. The molecule has 0 aliphatic rings. The largest absolute Gasteiger partial charge is 0.484 e. The first-order chi connectivity index (χ1) is 13.4. The van der Waals surface area contributed by atoms with E-state index in [2.05, 4.69) is 21.2 Å². The third-order valence-electron chi connectivity index (χ3n) is 4.43. The number of ether oxygens (including phenoxy) is 1. The minimum absolute atomic E-state index is 0.118. The summed E-state index contributed by atoms with van der Waals surface area (Å²) < 4.78 is 6.68. The molecule has 1 atom stereocenters. The average molecular weight is 447 g/mol. The van der Waals surface area contributed by atoms with Crippen molar-refractivity contribution in [2.24, 2.45) is 0 Å². The second-order valence-electron chi connectivity index (χ2n) is 6.67. The van der Waals surface area contributed by atoms with Crippen LogP contribution >= 0.6 is 15.9 Å². The lowest BCUT2D eigenvalue weighted by molar-refractivity contribution is -0.142. The summed E-state index contributed by atoms with van der Waals surface area (Å²) in [5.74, 6) is 0.274. The number of para-hydroxylation sites is 1. The van der Waals surface area contributed by atoms with Gasteiger partial charge in [0, 0.05) is 17.6 Å². The molecule has 0 aliphatic heterocycles. The van der Waals surface area contributed by atoms with E-state index in [0.717, 1.165) is 22.0 Å². The van der Waals surface area contributed by atoms with Crippen LogP contribution in [0.5, 0.6) is 5.75 Å². The van der Waals surface area contributed by atoms with Crippen LogP contribution in [0, 0.1) is 6.92 Å². The van der Waals surface area contributed by atoms with Crippen LogP contribution in [0.15, 0.2) is 53.0 Å². The first kappa shape index (κ1) is 22.0. The number of nitrogens with zero attached hydrogens (tertiary/aromatic N) is 1. The highest BCUT2D eigenvalue weighted by molar-refractivity contribution is 9.10. The maximum atomic E-state index is 12.9. The Labute approximate surface area is 175 Å². The fourth-order valence-electron chi connectivity index (χ4n) is 2.71. The van der Waals surface area contributed by atoms with E-state index < -0.39 is 6.04 Å². The van der Waals surface area contributed by atoms with Gasteiger partial charge in [-0.25, -0.2) is 0 Å². The fourth-order valence-corrected chi connectivity index (χ4v) is 2.97. The van der Waals surface area contributed by atoms with Crippen molar-refractivity contribution in [2.45, 2.75) is 39.8 Å². The molecule has 0 aromatic heterocycles. The lowest BCUT2D eigenvalue weighted by Gasteiger charge is -2.29. The van der Waals surface area contributed by atoms with E-state index in [1.54, 1.807) is 11.8 Å². The van der Waals surface area contributed by atoms with Crippen molar-refractivity contribution in [2.75, 3.05) is 13.2 Å². The highest BCUT2D eigenvalue weighted by Crippen LogP contribution is 2.18. The zero-order valence-electron chi connectivity index (χ0n) is 16.6. The van der Waals surface area contributed by atoms with Gasteiger partial charge in [0.25, 0.3) is 5.91 Å². The van der Waals surface area contributed by atoms with Crippen LogP contribution in [-0.2, 0) is 16.1 Å². The van der Waals surface area contributed by atoms with Gasteiger partial charge in [-0.3, -0.25) is 9.59 Å². The third-order valence-corrected chi connectivity index (χ3v) is 4.96. The van der Waals surface area contributed by atoms with Gasteiger partial charge in [-0.05, 0) is 49.6 Å². The molecule has 1 N–H and O–H groups in total. The molecule has 0 saturated heterocycles. The normalized spacial score (nSPS) is 11.6. The van der Waals surface area contributed by atoms with Crippen LogP contribution in [0.2, 0.25) is 0 Å². The molecule has 2 amide bonds. The number of amides is 2. The molecule has 0 spiro atoms. The van der Waals surface area contributed by atoms with Crippen LogP contribution in [-0.4, -0.2) is 35.9 Å². The number of nitrogens with one attached hydrogen (secondary N) is 1. The van der Waals surface area contributed by atoms with Crippen molar-refractivity contribution >= 4 is 27.7 Å². The number of hydrogen-bond donors (Lipinski definition) is 1. The maximum absolute atomic E-state index is 12.9. The molecule has 0 unspecified atom stereocenters. The van der Waals surface area contributed by atoms with Gasteiger partial charge in [0.2, 0.25) is 5.91 Å². The van der Waals surface area contributed by atoms with E-state index in [0.29, 0.717) is 18.8 Å². The van der Waals surface area contributed by atoms with Crippen LogP contribution in [0.3, 0.4) is 0 Å². The Kier molecular flexibility index (Phi) is 8.51. The van der Waals surface area contributed by atoms with E-state index in [1.165, 1.54) is 0 Å². The summed E-state index contributed by atoms with van der Waals surface area (Å²) in [4.78, 5) is 27.0. The molecular formula is C22H27BrN2O3. The van der Waals surface area contributed by atoms with E-state index in [4.69, 9.17) is 4.74 Å². The molecule has 2 aromatic rings. The van der Waals surface area contributed by atoms with Crippen molar-refractivity contribution in [1.82, 2.24) is 10.2 Å². The predicted molar refractivity (Wildman–Crippen MR) is 114 cm³/mol. The highest BCUT2D eigenvalue weighted by Gasteiger charge is 2.26. The maximum Gasteiger partial charge on any atom is 0.261 e. The molecule has 150 valence electrons. The topological polar surface area (TPSA) is 58.6 Å². The van der Waals surface area contributed by atoms with E-state index in [1.807, 2.05) is 62.4 Å². The van der Waals surface area contributed by atoms with Crippen LogP contribution in [0.25, 0.3) is 0 Å². The number of carbonyl (C=O) groups excluding carboxylic acids is 2.